The highest BCUT2D eigenvalue weighted by atomic mass is 79.9. The Morgan fingerprint density at radius 2 is 2.38 bits per heavy atom. The van der Waals surface area contributed by atoms with Crippen LogP contribution in [0.3, 0.4) is 0 Å². The van der Waals surface area contributed by atoms with Gasteiger partial charge >= 0.3 is 0 Å². The van der Waals surface area contributed by atoms with Gasteiger partial charge in [-0.25, -0.2) is 4.68 Å². The van der Waals surface area contributed by atoms with Crippen LogP contribution in [-0.2, 0) is 0 Å². The van der Waals surface area contributed by atoms with Crippen LogP contribution in [0, 0.1) is 0 Å². The molecular formula is C8H5BrN2OS. The topological polar surface area (TPSA) is 34.9 Å². The third-order valence-corrected chi connectivity index (χ3v) is 2.92. The van der Waals surface area contributed by atoms with Gasteiger partial charge in [-0.15, -0.1) is 11.3 Å². The Labute approximate surface area is 87.1 Å². The number of rotatable bonds is 2. The number of nitrogens with zero attached hydrogens (tertiary/aromatic N) is 2. The van der Waals surface area contributed by atoms with Crippen molar-refractivity contribution in [2.24, 2.45) is 0 Å². The first kappa shape index (κ1) is 8.65. The first-order valence-corrected chi connectivity index (χ1v) is 5.16. The lowest BCUT2D eigenvalue weighted by Gasteiger charge is -1.92. The first-order chi connectivity index (χ1) is 6.29. The Morgan fingerprint density at radius 1 is 1.54 bits per heavy atom. The SMILES string of the molecule is O=Cc1ccc(-n2cc(Br)cn2)s1. The van der Waals surface area contributed by atoms with E-state index in [1.54, 1.807) is 16.9 Å². The minimum absolute atomic E-state index is 0.710. The van der Waals surface area contributed by atoms with Gasteiger partial charge < -0.3 is 0 Å². The summed E-state index contributed by atoms with van der Waals surface area (Å²) < 4.78 is 2.65. The average Bonchev–Trinajstić information content (AvgIpc) is 2.71. The van der Waals surface area contributed by atoms with E-state index in [-0.39, 0.29) is 0 Å². The van der Waals surface area contributed by atoms with E-state index in [9.17, 15) is 4.79 Å². The van der Waals surface area contributed by atoms with Gasteiger partial charge in [0.05, 0.1) is 15.5 Å². The van der Waals surface area contributed by atoms with Crippen LogP contribution >= 0.6 is 27.3 Å². The van der Waals surface area contributed by atoms with Crippen LogP contribution in [-0.4, -0.2) is 16.1 Å². The maximum absolute atomic E-state index is 10.4. The Morgan fingerprint density at radius 3 is 2.92 bits per heavy atom. The number of thiophene rings is 1. The number of aromatic nitrogens is 2. The molecule has 0 fully saturated rings. The fraction of sp³-hybridized carbons (Fsp3) is 0. The summed E-state index contributed by atoms with van der Waals surface area (Å²) in [5, 5.41) is 5.04. The molecule has 0 N–H and O–H groups in total. The predicted molar refractivity (Wildman–Crippen MR) is 54.5 cm³/mol. The van der Waals surface area contributed by atoms with Crippen molar-refractivity contribution < 1.29 is 4.79 Å². The van der Waals surface area contributed by atoms with Gasteiger partial charge in [0.15, 0.2) is 6.29 Å². The molecule has 0 saturated carbocycles. The summed E-state index contributed by atoms with van der Waals surface area (Å²) >= 11 is 4.72. The standard InChI is InChI=1S/C8H5BrN2OS/c9-6-3-10-11(4-6)8-2-1-7(5-12)13-8/h1-5H. The molecule has 0 saturated heterocycles. The summed E-state index contributed by atoms with van der Waals surface area (Å²) in [5.41, 5.74) is 0. The zero-order valence-electron chi connectivity index (χ0n) is 6.48. The Kier molecular flexibility index (Phi) is 2.28. The molecule has 2 rings (SSSR count). The van der Waals surface area contributed by atoms with E-state index in [0.29, 0.717) is 4.88 Å². The second kappa shape index (κ2) is 3.43. The zero-order chi connectivity index (χ0) is 9.26. The Hall–Kier alpha value is -0.940. The molecule has 0 aromatic carbocycles. The number of carbonyl (C=O) groups is 1. The molecule has 0 spiro atoms. The minimum atomic E-state index is 0.710. The molecule has 0 amide bonds. The van der Waals surface area contributed by atoms with Gasteiger partial charge in [-0.3, -0.25) is 4.79 Å². The monoisotopic (exact) mass is 256 g/mol. The van der Waals surface area contributed by atoms with Gasteiger partial charge in [0, 0.05) is 6.20 Å². The van der Waals surface area contributed by atoms with Gasteiger partial charge in [0.2, 0.25) is 0 Å². The largest absolute Gasteiger partial charge is 0.297 e. The molecule has 0 unspecified atom stereocenters. The lowest BCUT2D eigenvalue weighted by atomic mass is 10.5. The molecule has 0 aliphatic heterocycles. The summed E-state index contributed by atoms with van der Waals surface area (Å²) in [7, 11) is 0. The van der Waals surface area contributed by atoms with E-state index in [2.05, 4.69) is 21.0 Å². The van der Waals surface area contributed by atoms with Crippen molar-refractivity contribution >= 4 is 33.6 Å². The second-order valence-electron chi connectivity index (χ2n) is 2.40. The van der Waals surface area contributed by atoms with Gasteiger partial charge in [-0.05, 0) is 28.1 Å². The fourth-order valence-corrected chi connectivity index (χ4v) is 1.99. The smallest absolute Gasteiger partial charge is 0.160 e. The number of halogens is 1. The highest BCUT2D eigenvalue weighted by molar-refractivity contribution is 9.10. The molecule has 0 bridgehead atoms. The van der Waals surface area contributed by atoms with Crippen molar-refractivity contribution in [3.63, 3.8) is 0 Å². The highest BCUT2D eigenvalue weighted by Crippen LogP contribution is 2.20. The predicted octanol–water partition coefficient (Wildman–Crippen LogP) is 2.51. The van der Waals surface area contributed by atoms with Crippen molar-refractivity contribution in [3.05, 3.63) is 33.9 Å². The van der Waals surface area contributed by atoms with Crippen molar-refractivity contribution in [2.45, 2.75) is 0 Å². The third kappa shape index (κ3) is 1.71. The molecule has 2 aromatic heterocycles. The fourth-order valence-electron chi connectivity index (χ4n) is 0.950. The van der Waals surface area contributed by atoms with Crippen molar-refractivity contribution in [2.75, 3.05) is 0 Å². The summed E-state index contributed by atoms with van der Waals surface area (Å²) in [4.78, 5) is 11.1. The van der Waals surface area contributed by atoms with Crippen LogP contribution in [0.5, 0.6) is 0 Å². The Balaban J connectivity index is 2.40. The summed E-state index contributed by atoms with van der Waals surface area (Å²) in [5.74, 6) is 0. The van der Waals surface area contributed by atoms with E-state index >= 15 is 0 Å². The van der Waals surface area contributed by atoms with Gasteiger partial charge in [0.25, 0.3) is 0 Å². The van der Waals surface area contributed by atoms with Gasteiger partial charge in [0.1, 0.15) is 5.00 Å². The second-order valence-corrected chi connectivity index (χ2v) is 4.41. The molecule has 5 heteroatoms. The molecule has 13 heavy (non-hydrogen) atoms. The summed E-state index contributed by atoms with van der Waals surface area (Å²) in [6.07, 6.45) is 4.40. The van der Waals surface area contributed by atoms with E-state index in [4.69, 9.17) is 0 Å². The summed E-state index contributed by atoms with van der Waals surface area (Å²) in [6, 6.07) is 3.65. The minimum Gasteiger partial charge on any atom is -0.297 e. The van der Waals surface area contributed by atoms with Crippen LogP contribution in [0.4, 0.5) is 0 Å². The summed E-state index contributed by atoms with van der Waals surface area (Å²) in [6.45, 7) is 0. The average molecular weight is 257 g/mol. The molecule has 66 valence electrons. The lowest BCUT2D eigenvalue weighted by Crippen LogP contribution is -1.88. The van der Waals surface area contributed by atoms with Crippen molar-refractivity contribution in [3.8, 4) is 5.00 Å². The number of hydrogen-bond acceptors (Lipinski definition) is 3. The van der Waals surface area contributed by atoms with Crippen molar-refractivity contribution in [1.82, 2.24) is 9.78 Å². The Bertz CT molecular complexity index is 435. The zero-order valence-corrected chi connectivity index (χ0v) is 8.88. The van der Waals surface area contributed by atoms with Crippen molar-refractivity contribution in [1.29, 1.82) is 0 Å². The van der Waals surface area contributed by atoms with E-state index < -0.39 is 0 Å². The molecule has 0 aliphatic rings. The van der Waals surface area contributed by atoms with Crippen LogP contribution in [0.25, 0.3) is 5.00 Å². The normalized spacial score (nSPS) is 10.2. The number of aldehydes is 1. The maximum atomic E-state index is 10.4. The molecular weight excluding hydrogens is 252 g/mol. The van der Waals surface area contributed by atoms with Gasteiger partial charge in [-0.2, -0.15) is 5.10 Å². The first-order valence-electron chi connectivity index (χ1n) is 3.55. The maximum Gasteiger partial charge on any atom is 0.160 e. The highest BCUT2D eigenvalue weighted by Gasteiger charge is 2.02. The van der Waals surface area contributed by atoms with E-state index in [1.807, 2.05) is 12.3 Å². The molecule has 0 radical (unpaired) electrons. The van der Waals surface area contributed by atoms with E-state index in [1.165, 1.54) is 11.3 Å². The van der Waals surface area contributed by atoms with Crippen LogP contribution in [0.1, 0.15) is 9.67 Å². The number of carbonyl (C=O) groups excluding carboxylic acids is 1. The van der Waals surface area contributed by atoms with Gasteiger partial charge in [-0.1, -0.05) is 0 Å². The van der Waals surface area contributed by atoms with Crippen LogP contribution in [0.15, 0.2) is 29.0 Å². The molecule has 0 aliphatic carbocycles. The molecule has 2 heterocycles. The van der Waals surface area contributed by atoms with Crippen LogP contribution < -0.4 is 0 Å². The van der Waals surface area contributed by atoms with E-state index in [0.717, 1.165) is 15.8 Å². The quantitative estimate of drug-likeness (QED) is 0.775. The number of hydrogen-bond donors (Lipinski definition) is 0. The third-order valence-electron chi connectivity index (χ3n) is 1.51. The molecule has 3 nitrogen and oxygen atoms in total. The van der Waals surface area contributed by atoms with Crippen LogP contribution in [0.2, 0.25) is 0 Å². The molecule has 0 atom stereocenters. The lowest BCUT2D eigenvalue weighted by molar-refractivity contribution is 0.112. The molecule has 2 aromatic rings.